The van der Waals surface area contributed by atoms with E-state index in [4.69, 9.17) is 16.3 Å². The molecule has 2 heterocycles. The molecule has 0 fully saturated rings. The first kappa shape index (κ1) is 12.9. The maximum atomic E-state index is 12.6. The smallest absolute Gasteiger partial charge is 0.277 e. The summed E-state index contributed by atoms with van der Waals surface area (Å²) >= 11 is 5.85. The van der Waals surface area contributed by atoms with E-state index in [1.165, 1.54) is 0 Å². The van der Waals surface area contributed by atoms with Gasteiger partial charge in [-0.2, -0.15) is 0 Å². The third-order valence-corrected chi connectivity index (χ3v) is 3.33. The van der Waals surface area contributed by atoms with Gasteiger partial charge in [0.05, 0.1) is 12.3 Å². The number of aromatic nitrogens is 1. The first-order valence-electron chi connectivity index (χ1n) is 6.42. The number of anilines is 1. The van der Waals surface area contributed by atoms with Gasteiger partial charge in [-0.05, 0) is 30.7 Å². The standard InChI is InChI=1S/C15H13ClN2O2/c16-14-8-3-5-11(17-14)15(19)18-9-4-10-20-13-7-2-1-6-12(13)18/h1-3,5-8H,4,9-10H2. The van der Waals surface area contributed by atoms with E-state index in [0.29, 0.717) is 24.0 Å². The van der Waals surface area contributed by atoms with E-state index in [9.17, 15) is 4.79 Å². The van der Waals surface area contributed by atoms with E-state index in [1.807, 2.05) is 24.3 Å². The summed E-state index contributed by atoms with van der Waals surface area (Å²) in [7, 11) is 0. The van der Waals surface area contributed by atoms with Gasteiger partial charge in [-0.15, -0.1) is 0 Å². The van der Waals surface area contributed by atoms with Crippen LogP contribution in [0.5, 0.6) is 5.75 Å². The fourth-order valence-electron chi connectivity index (χ4n) is 2.20. The zero-order chi connectivity index (χ0) is 13.9. The number of ether oxygens (including phenoxy) is 1. The minimum absolute atomic E-state index is 0.162. The molecule has 102 valence electrons. The molecular formula is C15H13ClN2O2. The summed E-state index contributed by atoms with van der Waals surface area (Å²) in [5, 5.41) is 0.315. The first-order chi connectivity index (χ1) is 9.75. The van der Waals surface area contributed by atoms with E-state index >= 15 is 0 Å². The van der Waals surface area contributed by atoms with Crippen LogP contribution in [-0.2, 0) is 0 Å². The Kier molecular flexibility index (Phi) is 3.56. The largest absolute Gasteiger partial charge is 0.491 e. The lowest BCUT2D eigenvalue weighted by molar-refractivity contribution is 0.0982. The number of para-hydroxylation sites is 2. The lowest BCUT2D eigenvalue weighted by Gasteiger charge is -2.21. The molecule has 4 nitrogen and oxygen atoms in total. The van der Waals surface area contributed by atoms with Crippen LogP contribution in [0.1, 0.15) is 16.9 Å². The van der Waals surface area contributed by atoms with Gasteiger partial charge < -0.3 is 9.64 Å². The zero-order valence-electron chi connectivity index (χ0n) is 10.8. The van der Waals surface area contributed by atoms with E-state index in [1.54, 1.807) is 23.1 Å². The monoisotopic (exact) mass is 288 g/mol. The normalized spacial score (nSPS) is 14.2. The number of halogens is 1. The fourth-order valence-corrected chi connectivity index (χ4v) is 2.37. The molecule has 5 heteroatoms. The molecule has 0 aliphatic carbocycles. The van der Waals surface area contributed by atoms with Crippen LogP contribution in [0.15, 0.2) is 42.5 Å². The summed E-state index contributed by atoms with van der Waals surface area (Å²) in [4.78, 5) is 18.4. The minimum atomic E-state index is -0.162. The van der Waals surface area contributed by atoms with Crippen molar-refractivity contribution >= 4 is 23.2 Å². The molecule has 0 radical (unpaired) electrons. The van der Waals surface area contributed by atoms with Crippen molar-refractivity contribution in [2.75, 3.05) is 18.1 Å². The topological polar surface area (TPSA) is 42.4 Å². The van der Waals surface area contributed by atoms with Crippen LogP contribution in [0.3, 0.4) is 0 Å². The molecule has 1 amide bonds. The molecule has 1 aliphatic rings. The van der Waals surface area contributed by atoms with Gasteiger partial charge in [0.1, 0.15) is 16.6 Å². The van der Waals surface area contributed by atoms with Gasteiger partial charge in [-0.3, -0.25) is 4.79 Å². The first-order valence-corrected chi connectivity index (χ1v) is 6.80. The van der Waals surface area contributed by atoms with Gasteiger partial charge in [-0.1, -0.05) is 29.8 Å². The maximum absolute atomic E-state index is 12.6. The van der Waals surface area contributed by atoms with E-state index < -0.39 is 0 Å². The van der Waals surface area contributed by atoms with Crippen LogP contribution in [0, 0.1) is 0 Å². The number of nitrogens with zero attached hydrogens (tertiary/aromatic N) is 2. The highest BCUT2D eigenvalue weighted by atomic mass is 35.5. The minimum Gasteiger partial charge on any atom is -0.491 e. The second kappa shape index (κ2) is 5.51. The van der Waals surface area contributed by atoms with Crippen LogP contribution >= 0.6 is 11.6 Å². The Bertz CT molecular complexity index is 645. The van der Waals surface area contributed by atoms with E-state index in [0.717, 1.165) is 17.9 Å². The second-order valence-electron chi connectivity index (χ2n) is 4.47. The highest BCUT2D eigenvalue weighted by molar-refractivity contribution is 6.29. The molecule has 3 rings (SSSR count). The number of carbonyl (C=O) groups excluding carboxylic acids is 1. The van der Waals surface area contributed by atoms with Crippen LogP contribution in [-0.4, -0.2) is 24.0 Å². The van der Waals surface area contributed by atoms with Gasteiger partial charge in [0, 0.05) is 6.54 Å². The lowest BCUT2D eigenvalue weighted by atomic mass is 10.2. The molecule has 2 aromatic rings. The van der Waals surface area contributed by atoms with Crippen molar-refractivity contribution in [3.63, 3.8) is 0 Å². The third-order valence-electron chi connectivity index (χ3n) is 3.12. The Hall–Kier alpha value is -2.07. The van der Waals surface area contributed by atoms with Crippen LogP contribution in [0.25, 0.3) is 0 Å². The summed E-state index contributed by atoms with van der Waals surface area (Å²) < 4.78 is 5.65. The van der Waals surface area contributed by atoms with Gasteiger partial charge in [-0.25, -0.2) is 4.98 Å². The molecule has 0 unspecified atom stereocenters. The Labute approximate surface area is 122 Å². The molecule has 0 spiro atoms. The van der Waals surface area contributed by atoms with Gasteiger partial charge in [0.15, 0.2) is 0 Å². The average Bonchev–Trinajstić information content (AvgIpc) is 2.69. The number of rotatable bonds is 1. The maximum Gasteiger partial charge on any atom is 0.277 e. The van der Waals surface area contributed by atoms with Gasteiger partial charge in [0.2, 0.25) is 0 Å². The van der Waals surface area contributed by atoms with Crippen molar-refractivity contribution in [2.24, 2.45) is 0 Å². The van der Waals surface area contributed by atoms with Crippen molar-refractivity contribution in [3.8, 4) is 5.75 Å². The second-order valence-corrected chi connectivity index (χ2v) is 4.86. The van der Waals surface area contributed by atoms with Crippen molar-refractivity contribution in [2.45, 2.75) is 6.42 Å². The Balaban J connectivity index is 1.99. The lowest BCUT2D eigenvalue weighted by Crippen LogP contribution is -2.32. The zero-order valence-corrected chi connectivity index (χ0v) is 11.5. The fraction of sp³-hybridized carbons (Fsp3) is 0.200. The Morgan fingerprint density at radius 2 is 2.05 bits per heavy atom. The molecule has 20 heavy (non-hydrogen) atoms. The van der Waals surface area contributed by atoms with Crippen LogP contribution in [0.2, 0.25) is 5.15 Å². The quantitative estimate of drug-likeness (QED) is 0.757. The highest BCUT2D eigenvalue weighted by Crippen LogP contribution is 2.31. The number of pyridine rings is 1. The predicted molar refractivity (Wildman–Crippen MR) is 77.5 cm³/mol. The summed E-state index contributed by atoms with van der Waals surface area (Å²) in [5.74, 6) is 0.561. The molecule has 1 aromatic heterocycles. The summed E-state index contributed by atoms with van der Waals surface area (Å²) in [6, 6.07) is 12.6. The molecule has 0 saturated heterocycles. The van der Waals surface area contributed by atoms with Gasteiger partial charge >= 0.3 is 0 Å². The van der Waals surface area contributed by atoms with E-state index in [-0.39, 0.29) is 5.91 Å². The SMILES string of the molecule is O=C(c1cccc(Cl)n1)N1CCCOc2ccccc21. The van der Waals surface area contributed by atoms with Crippen molar-refractivity contribution in [1.82, 2.24) is 4.98 Å². The Morgan fingerprint density at radius 3 is 2.90 bits per heavy atom. The summed E-state index contributed by atoms with van der Waals surface area (Å²) in [6.45, 7) is 1.20. The highest BCUT2D eigenvalue weighted by Gasteiger charge is 2.23. The molecular weight excluding hydrogens is 276 g/mol. The molecule has 1 aliphatic heterocycles. The Morgan fingerprint density at radius 1 is 1.20 bits per heavy atom. The molecule has 0 atom stereocenters. The van der Waals surface area contributed by atoms with Crippen molar-refractivity contribution < 1.29 is 9.53 Å². The number of fused-ring (bicyclic) bond motifs is 1. The third kappa shape index (κ3) is 2.47. The van der Waals surface area contributed by atoms with Crippen molar-refractivity contribution in [3.05, 3.63) is 53.3 Å². The van der Waals surface area contributed by atoms with E-state index in [2.05, 4.69) is 4.98 Å². The molecule has 0 N–H and O–H groups in total. The number of benzene rings is 1. The van der Waals surface area contributed by atoms with Gasteiger partial charge in [0.25, 0.3) is 5.91 Å². The molecule has 1 aromatic carbocycles. The summed E-state index contributed by atoms with van der Waals surface area (Å²) in [6.07, 6.45) is 0.779. The predicted octanol–water partition coefficient (Wildman–Crippen LogP) is 3.16. The van der Waals surface area contributed by atoms with Crippen LogP contribution < -0.4 is 9.64 Å². The van der Waals surface area contributed by atoms with Crippen molar-refractivity contribution in [1.29, 1.82) is 0 Å². The molecule has 0 saturated carbocycles. The number of carbonyl (C=O) groups is 1. The number of amides is 1. The number of hydrogen-bond donors (Lipinski definition) is 0. The van der Waals surface area contributed by atoms with Crippen LogP contribution in [0.4, 0.5) is 5.69 Å². The molecule has 0 bridgehead atoms. The average molecular weight is 289 g/mol. The number of hydrogen-bond acceptors (Lipinski definition) is 3. The summed E-state index contributed by atoms with van der Waals surface area (Å²) in [5.41, 5.74) is 1.12.